The lowest BCUT2D eigenvalue weighted by molar-refractivity contribution is -0.115. The second kappa shape index (κ2) is 8.76. The molecule has 1 N–H and O–H groups in total. The van der Waals surface area contributed by atoms with Gasteiger partial charge in [-0.15, -0.1) is 0 Å². The first-order valence-electron chi connectivity index (χ1n) is 8.39. The van der Waals surface area contributed by atoms with Gasteiger partial charge in [0.2, 0.25) is 0 Å². The number of nitrogens with zero attached hydrogens (tertiary/aromatic N) is 1. The molecule has 2 aromatic carbocycles. The smallest absolute Gasteiger partial charge is 0.264 e. The van der Waals surface area contributed by atoms with Gasteiger partial charge in [0.25, 0.3) is 5.91 Å². The van der Waals surface area contributed by atoms with Gasteiger partial charge in [-0.25, -0.2) is 4.99 Å². The first-order chi connectivity index (χ1) is 12.6. The molecule has 1 fully saturated rings. The molecule has 0 aliphatic carbocycles. The SMILES string of the molecule is CCCCc1ccc(N=C2NC(=O)/C(=C/c3c(Cl)cccc3Cl)S2)cc1. The number of hydrogen-bond acceptors (Lipinski definition) is 3. The average molecular weight is 405 g/mol. The monoisotopic (exact) mass is 404 g/mol. The van der Waals surface area contributed by atoms with Gasteiger partial charge in [0.1, 0.15) is 0 Å². The van der Waals surface area contributed by atoms with Crippen molar-refractivity contribution in [3.05, 3.63) is 68.5 Å². The maximum Gasteiger partial charge on any atom is 0.264 e. The van der Waals surface area contributed by atoms with E-state index in [9.17, 15) is 4.79 Å². The predicted molar refractivity (Wildman–Crippen MR) is 112 cm³/mol. The number of hydrogen-bond donors (Lipinski definition) is 1. The summed E-state index contributed by atoms with van der Waals surface area (Å²) in [5, 5.41) is 4.34. The van der Waals surface area contributed by atoms with Crippen molar-refractivity contribution in [2.75, 3.05) is 0 Å². The Kier molecular flexibility index (Phi) is 6.41. The van der Waals surface area contributed by atoms with Gasteiger partial charge in [-0.2, -0.15) is 0 Å². The summed E-state index contributed by atoms with van der Waals surface area (Å²) in [7, 11) is 0. The molecule has 1 amide bonds. The Hall–Kier alpha value is -1.75. The Morgan fingerprint density at radius 1 is 1.12 bits per heavy atom. The van der Waals surface area contributed by atoms with Crippen LogP contribution in [0.1, 0.15) is 30.9 Å². The third-order valence-corrected chi connectivity index (χ3v) is 5.48. The molecule has 0 bridgehead atoms. The van der Waals surface area contributed by atoms with E-state index in [0.717, 1.165) is 12.1 Å². The summed E-state index contributed by atoms with van der Waals surface area (Å²) < 4.78 is 0. The number of amides is 1. The quantitative estimate of drug-likeness (QED) is 0.600. The molecule has 0 saturated carbocycles. The summed E-state index contributed by atoms with van der Waals surface area (Å²) in [6, 6.07) is 13.4. The molecule has 1 heterocycles. The Labute approximate surface area is 167 Å². The first-order valence-corrected chi connectivity index (χ1v) is 9.96. The summed E-state index contributed by atoms with van der Waals surface area (Å²) in [6.45, 7) is 2.18. The van der Waals surface area contributed by atoms with Gasteiger partial charge in [-0.1, -0.05) is 54.7 Å². The third-order valence-electron chi connectivity index (χ3n) is 3.91. The number of nitrogens with one attached hydrogen (secondary N) is 1. The molecule has 0 radical (unpaired) electrons. The molecule has 1 aliphatic heterocycles. The normalized spacial score (nSPS) is 17.1. The van der Waals surface area contributed by atoms with Gasteiger partial charge < -0.3 is 5.32 Å². The average Bonchev–Trinajstić information content (AvgIpc) is 2.97. The number of aryl methyl sites for hydroxylation is 1. The lowest BCUT2D eigenvalue weighted by atomic mass is 10.1. The van der Waals surface area contributed by atoms with Crippen LogP contribution in [0.15, 0.2) is 52.4 Å². The van der Waals surface area contributed by atoms with E-state index in [2.05, 4.69) is 29.4 Å². The maximum atomic E-state index is 12.2. The van der Waals surface area contributed by atoms with Crippen LogP contribution in [-0.4, -0.2) is 11.1 Å². The molecule has 1 saturated heterocycles. The van der Waals surface area contributed by atoms with E-state index < -0.39 is 0 Å². The number of carbonyl (C=O) groups excluding carboxylic acids is 1. The second-order valence-electron chi connectivity index (χ2n) is 5.89. The van der Waals surface area contributed by atoms with Crippen molar-refractivity contribution in [1.29, 1.82) is 0 Å². The number of benzene rings is 2. The number of aliphatic imine (C=N–C) groups is 1. The van der Waals surface area contributed by atoms with E-state index in [0.29, 0.717) is 25.7 Å². The van der Waals surface area contributed by atoms with Crippen LogP contribution >= 0.6 is 35.0 Å². The van der Waals surface area contributed by atoms with Gasteiger partial charge in [0.05, 0.1) is 10.6 Å². The minimum absolute atomic E-state index is 0.204. The molecular formula is C20H18Cl2N2OS. The zero-order valence-electron chi connectivity index (χ0n) is 14.3. The summed E-state index contributed by atoms with van der Waals surface area (Å²) >= 11 is 13.6. The van der Waals surface area contributed by atoms with Crippen LogP contribution in [0, 0.1) is 0 Å². The number of rotatable bonds is 5. The number of thioether (sulfide) groups is 1. The fourth-order valence-corrected chi connectivity index (χ4v) is 3.83. The fourth-order valence-electron chi connectivity index (χ4n) is 2.50. The predicted octanol–water partition coefficient (Wildman–Crippen LogP) is 6.23. The molecule has 6 heteroatoms. The molecule has 26 heavy (non-hydrogen) atoms. The number of amidine groups is 1. The molecule has 3 nitrogen and oxygen atoms in total. The molecule has 0 spiro atoms. The number of halogens is 2. The van der Waals surface area contributed by atoms with E-state index in [4.69, 9.17) is 23.2 Å². The van der Waals surface area contributed by atoms with Crippen LogP contribution in [-0.2, 0) is 11.2 Å². The van der Waals surface area contributed by atoms with Crippen LogP contribution in [0.5, 0.6) is 0 Å². The first kappa shape index (κ1) is 19.0. The van der Waals surface area contributed by atoms with Crippen molar-refractivity contribution in [3.63, 3.8) is 0 Å². The molecular weight excluding hydrogens is 387 g/mol. The highest BCUT2D eigenvalue weighted by atomic mass is 35.5. The number of unbranched alkanes of at least 4 members (excludes halogenated alkanes) is 1. The Morgan fingerprint density at radius 2 is 1.81 bits per heavy atom. The molecule has 0 atom stereocenters. The van der Waals surface area contributed by atoms with Crippen LogP contribution in [0.25, 0.3) is 6.08 Å². The van der Waals surface area contributed by atoms with E-state index in [1.165, 1.54) is 30.2 Å². The van der Waals surface area contributed by atoms with Crippen LogP contribution in [0.4, 0.5) is 5.69 Å². The van der Waals surface area contributed by atoms with Gasteiger partial charge >= 0.3 is 0 Å². The molecule has 3 rings (SSSR count). The van der Waals surface area contributed by atoms with Gasteiger partial charge in [0, 0.05) is 15.6 Å². The van der Waals surface area contributed by atoms with Crippen LogP contribution < -0.4 is 5.32 Å². The molecule has 1 aliphatic rings. The van der Waals surface area contributed by atoms with Crippen molar-refractivity contribution in [2.45, 2.75) is 26.2 Å². The number of carbonyl (C=O) groups is 1. The lowest BCUT2D eigenvalue weighted by Gasteiger charge is -2.01. The molecule has 0 unspecified atom stereocenters. The van der Waals surface area contributed by atoms with Crippen molar-refractivity contribution in [2.24, 2.45) is 4.99 Å². The van der Waals surface area contributed by atoms with Crippen LogP contribution in [0.2, 0.25) is 10.0 Å². The minimum Gasteiger partial charge on any atom is -0.300 e. The maximum absolute atomic E-state index is 12.2. The van der Waals surface area contributed by atoms with Crippen molar-refractivity contribution >= 4 is 57.8 Å². The lowest BCUT2D eigenvalue weighted by Crippen LogP contribution is -2.19. The minimum atomic E-state index is -0.204. The van der Waals surface area contributed by atoms with Crippen molar-refractivity contribution in [1.82, 2.24) is 5.32 Å². The topological polar surface area (TPSA) is 41.5 Å². The third kappa shape index (κ3) is 4.70. The standard InChI is InChI=1S/C20H18Cl2N2OS/c1-2-3-5-13-8-10-14(11-9-13)23-20-24-19(25)18(26-20)12-15-16(21)6-4-7-17(15)22/h4,6-12H,2-3,5H2,1H3,(H,23,24,25)/b18-12-. The molecule has 2 aromatic rings. The summed E-state index contributed by atoms with van der Waals surface area (Å²) in [5.74, 6) is -0.204. The molecule has 0 aromatic heterocycles. The highest BCUT2D eigenvalue weighted by Crippen LogP contribution is 2.32. The van der Waals surface area contributed by atoms with Gasteiger partial charge in [-0.3, -0.25) is 4.79 Å². The Morgan fingerprint density at radius 3 is 2.46 bits per heavy atom. The Balaban J connectivity index is 1.77. The summed E-state index contributed by atoms with van der Waals surface area (Å²) in [5.41, 5.74) is 2.74. The summed E-state index contributed by atoms with van der Waals surface area (Å²) in [4.78, 5) is 17.2. The van der Waals surface area contributed by atoms with E-state index in [-0.39, 0.29) is 5.91 Å². The highest BCUT2D eigenvalue weighted by Gasteiger charge is 2.24. The molecule has 134 valence electrons. The van der Waals surface area contributed by atoms with Gasteiger partial charge in [-0.05, 0) is 60.5 Å². The highest BCUT2D eigenvalue weighted by molar-refractivity contribution is 8.18. The largest absolute Gasteiger partial charge is 0.300 e. The zero-order valence-corrected chi connectivity index (χ0v) is 16.6. The van der Waals surface area contributed by atoms with E-state index >= 15 is 0 Å². The van der Waals surface area contributed by atoms with E-state index in [1.54, 1.807) is 24.3 Å². The fraction of sp³-hybridized carbons (Fsp3) is 0.200. The second-order valence-corrected chi connectivity index (χ2v) is 7.73. The van der Waals surface area contributed by atoms with E-state index in [1.807, 2.05) is 12.1 Å². The van der Waals surface area contributed by atoms with Crippen molar-refractivity contribution in [3.8, 4) is 0 Å². The zero-order chi connectivity index (χ0) is 18.5. The van der Waals surface area contributed by atoms with Crippen LogP contribution in [0.3, 0.4) is 0 Å². The Bertz CT molecular complexity index is 856. The summed E-state index contributed by atoms with van der Waals surface area (Å²) in [6.07, 6.45) is 5.13. The van der Waals surface area contributed by atoms with Gasteiger partial charge in [0.15, 0.2) is 5.17 Å². The van der Waals surface area contributed by atoms with Crippen molar-refractivity contribution < 1.29 is 4.79 Å².